The van der Waals surface area contributed by atoms with Crippen molar-refractivity contribution in [2.24, 2.45) is 0 Å². The fourth-order valence-corrected chi connectivity index (χ4v) is 5.53. The number of anilines is 1. The molecule has 1 aromatic heterocycles. The van der Waals surface area contributed by atoms with Gasteiger partial charge in [0.05, 0.1) is 4.92 Å². The van der Waals surface area contributed by atoms with Gasteiger partial charge in [0.25, 0.3) is 5.69 Å². The summed E-state index contributed by atoms with van der Waals surface area (Å²) < 4.78 is 1.74. The molecule has 0 unspecified atom stereocenters. The lowest BCUT2D eigenvalue weighted by molar-refractivity contribution is -0.384. The number of benzene rings is 3. The van der Waals surface area contributed by atoms with Crippen LogP contribution < -0.4 is 5.32 Å². The molecule has 0 radical (unpaired) electrons. The molecule has 0 saturated carbocycles. The highest BCUT2D eigenvalue weighted by atomic mass is 32.2. The minimum Gasteiger partial charge on any atom is -0.328 e. The monoisotopic (exact) mass is 483 g/mol. The van der Waals surface area contributed by atoms with Crippen LogP contribution in [0.3, 0.4) is 0 Å². The lowest BCUT2D eigenvalue weighted by atomic mass is 9.85. The van der Waals surface area contributed by atoms with Crippen LogP contribution in [0, 0.1) is 10.1 Å². The molecule has 2 aliphatic rings. The van der Waals surface area contributed by atoms with Crippen molar-refractivity contribution in [1.29, 1.82) is 0 Å². The van der Waals surface area contributed by atoms with Gasteiger partial charge >= 0.3 is 0 Å². The van der Waals surface area contributed by atoms with Crippen LogP contribution in [-0.4, -0.2) is 25.5 Å². The van der Waals surface area contributed by atoms with Crippen LogP contribution in [0.15, 0.2) is 83.2 Å². The summed E-state index contributed by atoms with van der Waals surface area (Å²) in [5.74, 6) is 1.37. The average molecular weight is 484 g/mol. The van der Waals surface area contributed by atoms with Gasteiger partial charge in [0.1, 0.15) is 6.04 Å². The molecule has 9 heteroatoms. The van der Waals surface area contributed by atoms with Crippen LogP contribution >= 0.6 is 11.8 Å². The Morgan fingerprint density at radius 1 is 1.06 bits per heavy atom. The number of carbonyl (C=O) groups is 1. The quantitative estimate of drug-likeness (QED) is 0.222. The third-order valence-corrected chi connectivity index (χ3v) is 7.36. The van der Waals surface area contributed by atoms with Gasteiger partial charge in [0.15, 0.2) is 5.78 Å². The Morgan fingerprint density at radius 2 is 1.86 bits per heavy atom. The maximum Gasteiger partial charge on any atom is 0.269 e. The molecule has 1 aliphatic heterocycles. The highest BCUT2D eigenvalue weighted by Gasteiger charge is 2.37. The minimum absolute atomic E-state index is 0.0114. The summed E-state index contributed by atoms with van der Waals surface area (Å²) in [5.41, 5.74) is 3.51. The number of rotatable bonds is 5. The third kappa shape index (κ3) is 3.97. The second-order valence-corrected chi connectivity index (χ2v) is 9.62. The van der Waals surface area contributed by atoms with E-state index in [0.717, 1.165) is 24.1 Å². The zero-order valence-electron chi connectivity index (χ0n) is 18.7. The van der Waals surface area contributed by atoms with E-state index in [4.69, 9.17) is 10.1 Å². The first kappa shape index (κ1) is 21.5. The predicted molar refractivity (Wildman–Crippen MR) is 134 cm³/mol. The maximum atomic E-state index is 12.9. The fourth-order valence-electron chi connectivity index (χ4n) is 4.76. The zero-order valence-corrected chi connectivity index (χ0v) is 19.5. The summed E-state index contributed by atoms with van der Waals surface area (Å²) >= 11 is 1.54. The van der Waals surface area contributed by atoms with E-state index < -0.39 is 11.0 Å². The molecule has 1 atom stereocenters. The highest BCUT2D eigenvalue weighted by Crippen LogP contribution is 2.41. The van der Waals surface area contributed by atoms with Crippen molar-refractivity contribution >= 4 is 40.0 Å². The number of fused-ring (bicyclic) bond motifs is 2. The molecule has 4 aromatic rings. The van der Waals surface area contributed by atoms with Gasteiger partial charge in [-0.2, -0.15) is 4.98 Å². The first-order chi connectivity index (χ1) is 17.1. The van der Waals surface area contributed by atoms with E-state index in [2.05, 4.69) is 35.6 Å². The lowest BCUT2D eigenvalue weighted by Gasteiger charge is -2.32. The first-order valence-corrected chi connectivity index (χ1v) is 12.4. The second kappa shape index (κ2) is 8.66. The summed E-state index contributed by atoms with van der Waals surface area (Å²) in [6, 6.07) is 20.5. The predicted octanol–water partition coefficient (Wildman–Crippen LogP) is 5.65. The van der Waals surface area contributed by atoms with Crippen LogP contribution in [0.2, 0.25) is 0 Å². The zero-order chi connectivity index (χ0) is 23.9. The summed E-state index contributed by atoms with van der Waals surface area (Å²) in [6.45, 7) is 0. The SMILES string of the molecule is O=C1CCCC2=C1[C@@H](c1ccc([N+](=O)[O-])cc1)n1nc(SCc3ccc4ccccc4c3)nc1N2. The van der Waals surface area contributed by atoms with E-state index in [-0.39, 0.29) is 11.5 Å². The topological polar surface area (TPSA) is 103 Å². The molecule has 174 valence electrons. The minimum atomic E-state index is -0.461. The van der Waals surface area contributed by atoms with E-state index in [9.17, 15) is 14.9 Å². The number of allylic oxidation sites excluding steroid dienone is 2. The molecule has 3 aromatic carbocycles. The Morgan fingerprint density at radius 3 is 2.66 bits per heavy atom. The van der Waals surface area contributed by atoms with Gasteiger partial charge in [-0.3, -0.25) is 14.9 Å². The molecule has 8 nitrogen and oxygen atoms in total. The van der Waals surface area contributed by atoms with Crippen LogP contribution in [0.1, 0.15) is 36.4 Å². The molecule has 0 spiro atoms. The van der Waals surface area contributed by atoms with E-state index in [1.807, 2.05) is 12.1 Å². The number of carbonyl (C=O) groups excluding carboxylic acids is 1. The number of nitro benzene ring substituents is 1. The summed E-state index contributed by atoms with van der Waals surface area (Å²) in [5, 5.41) is 22.2. The highest BCUT2D eigenvalue weighted by molar-refractivity contribution is 7.98. The Labute approximate surface area is 205 Å². The molecule has 0 fully saturated rings. The summed E-state index contributed by atoms with van der Waals surface area (Å²) in [6.07, 6.45) is 2.03. The Hall–Kier alpha value is -3.98. The number of thioether (sulfide) groups is 1. The molecule has 0 bridgehead atoms. The molecule has 6 rings (SSSR count). The Balaban J connectivity index is 1.33. The molecule has 35 heavy (non-hydrogen) atoms. The van der Waals surface area contributed by atoms with Gasteiger partial charge in [-0.15, -0.1) is 5.10 Å². The number of hydrogen-bond donors (Lipinski definition) is 1. The number of non-ortho nitro benzene ring substituents is 1. The van der Waals surface area contributed by atoms with E-state index >= 15 is 0 Å². The van der Waals surface area contributed by atoms with Crippen LogP contribution in [0.4, 0.5) is 11.6 Å². The maximum absolute atomic E-state index is 12.9. The standard InChI is InChI=1S/C26H21N5O3S/c32-22-7-3-6-21-23(22)24(18-10-12-20(13-11-18)31(33)34)30-25(27-21)28-26(29-30)35-15-16-8-9-17-4-1-2-5-19(17)14-16/h1-2,4-5,8-14,24H,3,6-7,15H2,(H,27,28,29)/t24-/m1/s1. The molecule has 0 saturated heterocycles. The van der Waals surface area contributed by atoms with Crippen molar-refractivity contribution in [3.8, 4) is 0 Å². The number of Topliss-reactive ketones (excluding diaryl/α,β-unsaturated/α-hetero) is 1. The smallest absolute Gasteiger partial charge is 0.269 e. The van der Waals surface area contributed by atoms with Gasteiger partial charge in [0.2, 0.25) is 11.1 Å². The van der Waals surface area contributed by atoms with Crippen LogP contribution in [0.5, 0.6) is 0 Å². The molecule has 2 heterocycles. The lowest BCUT2D eigenvalue weighted by Crippen LogP contribution is -2.31. The average Bonchev–Trinajstić information content (AvgIpc) is 3.29. The molecular formula is C26H21N5O3S. The van der Waals surface area contributed by atoms with Crippen molar-refractivity contribution in [2.45, 2.75) is 36.2 Å². The van der Waals surface area contributed by atoms with Crippen LogP contribution in [-0.2, 0) is 10.5 Å². The molecule has 1 aliphatic carbocycles. The van der Waals surface area contributed by atoms with Crippen molar-refractivity contribution in [1.82, 2.24) is 14.8 Å². The number of ketones is 1. The Bertz CT molecular complexity index is 1510. The second-order valence-electron chi connectivity index (χ2n) is 8.68. The third-order valence-electron chi connectivity index (χ3n) is 6.45. The normalized spacial score (nSPS) is 17.1. The number of nitro groups is 1. The van der Waals surface area contributed by atoms with Gasteiger partial charge in [-0.05, 0) is 46.9 Å². The number of nitrogens with one attached hydrogen (secondary N) is 1. The summed E-state index contributed by atoms with van der Waals surface area (Å²) in [7, 11) is 0. The molecular weight excluding hydrogens is 462 g/mol. The fraction of sp³-hybridized carbons (Fsp3) is 0.192. The molecule has 1 N–H and O–H groups in total. The first-order valence-electron chi connectivity index (χ1n) is 11.4. The van der Waals surface area contributed by atoms with E-state index in [1.54, 1.807) is 16.8 Å². The number of nitrogens with zero attached hydrogens (tertiary/aromatic N) is 4. The van der Waals surface area contributed by atoms with Crippen molar-refractivity contribution < 1.29 is 9.72 Å². The van der Waals surface area contributed by atoms with Crippen molar-refractivity contribution in [2.75, 3.05) is 5.32 Å². The van der Waals surface area contributed by atoms with Crippen LogP contribution in [0.25, 0.3) is 10.8 Å². The number of hydrogen-bond acceptors (Lipinski definition) is 7. The van der Waals surface area contributed by atoms with Gasteiger partial charge in [-0.25, -0.2) is 4.68 Å². The Kier molecular flexibility index (Phi) is 5.33. The van der Waals surface area contributed by atoms with Crippen molar-refractivity contribution in [3.05, 3.63) is 99.2 Å². The van der Waals surface area contributed by atoms with Gasteiger partial charge in [0, 0.05) is 35.6 Å². The van der Waals surface area contributed by atoms with Crippen molar-refractivity contribution in [3.63, 3.8) is 0 Å². The van der Waals surface area contributed by atoms with E-state index in [1.165, 1.54) is 40.2 Å². The largest absolute Gasteiger partial charge is 0.328 e. The van der Waals surface area contributed by atoms with Gasteiger partial charge < -0.3 is 5.32 Å². The van der Waals surface area contributed by atoms with Gasteiger partial charge in [-0.1, -0.05) is 54.2 Å². The summed E-state index contributed by atoms with van der Waals surface area (Å²) in [4.78, 5) is 28.4. The number of aromatic nitrogens is 3. The molecule has 0 amide bonds. The van der Waals surface area contributed by atoms with E-state index in [0.29, 0.717) is 28.9 Å².